The van der Waals surface area contributed by atoms with Crippen molar-refractivity contribution < 1.29 is 4.74 Å². The first-order chi connectivity index (χ1) is 8.78. The molecular weight excluding hydrogens is 292 g/mol. The molecule has 0 fully saturated rings. The molecule has 0 aliphatic heterocycles. The second-order valence-electron chi connectivity index (χ2n) is 3.82. The summed E-state index contributed by atoms with van der Waals surface area (Å²) in [6.45, 7) is 3.76. The number of nitrogens with one attached hydrogen (secondary N) is 1. The van der Waals surface area contributed by atoms with E-state index in [0.717, 1.165) is 34.8 Å². The van der Waals surface area contributed by atoms with Gasteiger partial charge < -0.3 is 10.1 Å². The van der Waals surface area contributed by atoms with E-state index in [4.69, 9.17) is 4.74 Å². The van der Waals surface area contributed by atoms with Crippen LogP contribution in [0.5, 0.6) is 11.5 Å². The van der Waals surface area contributed by atoms with Crippen LogP contribution in [0.2, 0.25) is 0 Å². The third-order valence-electron chi connectivity index (χ3n) is 2.38. The Bertz CT molecular complexity index is 517. The summed E-state index contributed by atoms with van der Waals surface area (Å²) in [5.74, 6) is 1.61. The normalized spacial score (nSPS) is 10.3. The van der Waals surface area contributed by atoms with Crippen molar-refractivity contribution in [2.45, 2.75) is 13.5 Å². The van der Waals surface area contributed by atoms with Crippen LogP contribution in [0, 0.1) is 0 Å². The zero-order valence-corrected chi connectivity index (χ0v) is 11.8. The highest BCUT2D eigenvalue weighted by Gasteiger charge is 2.00. The number of pyridine rings is 1. The number of aromatic nitrogens is 1. The maximum atomic E-state index is 5.78. The molecule has 94 valence electrons. The molecule has 18 heavy (non-hydrogen) atoms. The summed E-state index contributed by atoms with van der Waals surface area (Å²) in [5, 5.41) is 3.24. The number of benzene rings is 1. The second kappa shape index (κ2) is 6.52. The summed E-state index contributed by atoms with van der Waals surface area (Å²) in [6.07, 6.45) is 1.76. The lowest BCUT2D eigenvalue weighted by atomic mass is 10.3. The monoisotopic (exact) mass is 306 g/mol. The molecule has 0 bridgehead atoms. The molecule has 1 aromatic heterocycles. The van der Waals surface area contributed by atoms with E-state index in [1.807, 2.05) is 36.4 Å². The number of rotatable bonds is 5. The smallest absolute Gasteiger partial charge is 0.130 e. The Kier molecular flexibility index (Phi) is 4.73. The predicted octanol–water partition coefficient (Wildman–Crippen LogP) is 3.75. The van der Waals surface area contributed by atoms with Gasteiger partial charge in [0.25, 0.3) is 0 Å². The Hall–Kier alpha value is -1.39. The van der Waals surface area contributed by atoms with Gasteiger partial charge in [-0.1, -0.05) is 28.9 Å². The van der Waals surface area contributed by atoms with Crippen molar-refractivity contribution in [3.05, 3.63) is 52.8 Å². The fourth-order valence-corrected chi connectivity index (χ4v) is 1.91. The molecule has 0 aliphatic carbocycles. The van der Waals surface area contributed by atoms with Crippen LogP contribution in [0.15, 0.2) is 47.1 Å². The summed E-state index contributed by atoms with van der Waals surface area (Å²) in [6, 6.07) is 11.6. The lowest BCUT2D eigenvalue weighted by molar-refractivity contribution is 0.480. The minimum atomic E-state index is 0.756. The van der Waals surface area contributed by atoms with Gasteiger partial charge in [0, 0.05) is 23.3 Å². The average Bonchev–Trinajstić information content (AvgIpc) is 2.37. The van der Waals surface area contributed by atoms with Crippen molar-refractivity contribution in [3.8, 4) is 11.5 Å². The van der Waals surface area contributed by atoms with Crippen LogP contribution in [-0.2, 0) is 6.54 Å². The van der Waals surface area contributed by atoms with Crippen molar-refractivity contribution in [1.29, 1.82) is 0 Å². The Balaban J connectivity index is 2.09. The number of nitrogens with zero attached hydrogens (tertiary/aromatic N) is 1. The van der Waals surface area contributed by atoms with E-state index >= 15 is 0 Å². The highest BCUT2D eigenvalue weighted by molar-refractivity contribution is 9.10. The SMILES string of the molecule is CCNCc1cc(Oc2cccc(Br)c2)ccn1. The lowest BCUT2D eigenvalue weighted by Gasteiger charge is -2.07. The van der Waals surface area contributed by atoms with Gasteiger partial charge in [0.05, 0.1) is 5.69 Å². The number of hydrogen-bond donors (Lipinski definition) is 1. The molecule has 0 aliphatic rings. The van der Waals surface area contributed by atoms with Gasteiger partial charge in [-0.3, -0.25) is 4.98 Å². The van der Waals surface area contributed by atoms with E-state index in [-0.39, 0.29) is 0 Å². The molecule has 1 heterocycles. The van der Waals surface area contributed by atoms with Crippen LogP contribution in [0.1, 0.15) is 12.6 Å². The minimum absolute atomic E-state index is 0.756. The second-order valence-corrected chi connectivity index (χ2v) is 4.74. The predicted molar refractivity (Wildman–Crippen MR) is 75.8 cm³/mol. The molecule has 1 N–H and O–H groups in total. The van der Waals surface area contributed by atoms with Crippen molar-refractivity contribution in [1.82, 2.24) is 10.3 Å². The molecule has 4 heteroatoms. The van der Waals surface area contributed by atoms with Gasteiger partial charge in [0.2, 0.25) is 0 Å². The summed E-state index contributed by atoms with van der Waals surface area (Å²) in [5.41, 5.74) is 0.976. The van der Waals surface area contributed by atoms with E-state index in [1.54, 1.807) is 6.20 Å². The standard InChI is InChI=1S/C14H15BrN2O/c1-2-16-10-12-9-14(6-7-17-12)18-13-5-3-4-11(15)8-13/h3-9,16H,2,10H2,1H3. The molecule has 2 aromatic rings. The molecule has 0 spiro atoms. The van der Waals surface area contributed by atoms with E-state index in [1.165, 1.54) is 0 Å². The van der Waals surface area contributed by atoms with Crippen LogP contribution in [0.4, 0.5) is 0 Å². The van der Waals surface area contributed by atoms with Gasteiger partial charge in [-0.05, 0) is 30.8 Å². The average molecular weight is 307 g/mol. The molecule has 0 saturated carbocycles. The van der Waals surface area contributed by atoms with E-state index in [0.29, 0.717) is 0 Å². The molecule has 0 saturated heterocycles. The molecule has 0 amide bonds. The molecule has 3 nitrogen and oxygen atoms in total. The van der Waals surface area contributed by atoms with E-state index in [2.05, 4.69) is 33.2 Å². The first-order valence-electron chi connectivity index (χ1n) is 5.87. The van der Waals surface area contributed by atoms with Crippen molar-refractivity contribution in [2.24, 2.45) is 0 Å². The number of halogens is 1. The molecule has 0 radical (unpaired) electrons. The van der Waals surface area contributed by atoms with E-state index in [9.17, 15) is 0 Å². The van der Waals surface area contributed by atoms with Gasteiger partial charge in [0.15, 0.2) is 0 Å². The van der Waals surface area contributed by atoms with Crippen LogP contribution < -0.4 is 10.1 Å². The van der Waals surface area contributed by atoms with Gasteiger partial charge in [-0.15, -0.1) is 0 Å². The highest BCUT2D eigenvalue weighted by Crippen LogP contribution is 2.24. The zero-order chi connectivity index (χ0) is 12.8. The maximum Gasteiger partial charge on any atom is 0.130 e. The van der Waals surface area contributed by atoms with Gasteiger partial charge >= 0.3 is 0 Å². The topological polar surface area (TPSA) is 34.1 Å². The zero-order valence-electron chi connectivity index (χ0n) is 10.2. The Labute approximate surface area is 115 Å². The van der Waals surface area contributed by atoms with E-state index < -0.39 is 0 Å². The minimum Gasteiger partial charge on any atom is -0.457 e. The third-order valence-corrected chi connectivity index (χ3v) is 2.87. The first-order valence-corrected chi connectivity index (χ1v) is 6.66. The van der Waals surface area contributed by atoms with Crippen LogP contribution >= 0.6 is 15.9 Å². The lowest BCUT2D eigenvalue weighted by Crippen LogP contribution is -2.12. The Morgan fingerprint density at radius 1 is 1.22 bits per heavy atom. The largest absolute Gasteiger partial charge is 0.457 e. The van der Waals surface area contributed by atoms with Gasteiger partial charge in [0.1, 0.15) is 11.5 Å². The van der Waals surface area contributed by atoms with Gasteiger partial charge in [-0.25, -0.2) is 0 Å². The fourth-order valence-electron chi connectivity index (χ4n) is 1.54. The fraction of sp³-hybridized carbons (Fsp3) is 0.214. The maximum absolute atomic E-state index is 5.78. The number of ether oxygens (including phenoxy) is 1. The van der Waals surface area contributed by atoms with Gasteiger partial charge in [-0.2, -0.15) is 0 Å². The van der Waals surface area contributed by atoms with Crippen molar-refractivity contribution >= 4 is 15.9 Å². The first kappa shape index (κ1) is 13.1. The van der Waals surface area contributed by atoms with Crippen LogP contribution in [0.3, 0.4) is 0 Å². The summed E-state index contributed by atoms with van der Waals surface area (Å²) >= 11 is 3.42. The van der Waals surface area contributed by atoms with Crippen molar-refractivity contribution in [2.75, 3.05) is 6.54 Å². The van der Waals surface area contributed by atoms with Crippen molar-refractivity contribution in [3.63, 3.8) is 0 Å². The Morgan fingerprint density at radius 2 is 2.06 bits per heavy atom. The molecule has 1 aromatic carbocycles. The molecule has 2 rings (SSSR count). The highest BCUT2D eigenvalue weighted by atomic mass is 79.9. The molecular formula is C14H15BrN2O. The summed E-state index contributed by atoms with van der Waals surface area (Å²) in [7, 11) is 0. The third kappa shape index (κ3) is 3.82. The van der Waals surface area contributed by atoms with Crippen LogP contribution in [-0.4, -0.2) is 11.5 Å². The summed E-state index contributed by atoms with van der Waals surface area (Å²) in [4.78, 5) is 4.28. The quantitative estimate of drug-likeness (QED) is 0.913. The Morgan fingerprint density at radius 3 is 2.83 bits per heavy atom. The molecule has 0 atom stereocenters. The number of hydrogen-bond acceptors (Lipinski definition) is 3. The van der Waals surface area contributed by atoms with Crippen LogP contribution in [0.25, 0.3) is 0 Å². The summed E-state index contributed by atoms with van der Waals surface area (Å²) < 4.78 is 6.78. The molecule has 0 unspecified atom stereocenters.